The molecule has 12 nitrogen and oxygen atoms in total. The van der Waals surface area contributed by atoms with E-state index in [1.165, 1.54) is 11.1 Å². The molecular weight excluding hydrogens is 755 g/mol. The fraction of sp³-hybridized carbons (Fsp3) is 0.511. The molecule has 1 saturated carbocycles. The molecule has 59 heavy (non-hydrogen) atoms. The standard InChI is InChI=1S/C45H50F2N8O4/c1-25-16-35-33-4-2-3-5-36(33)50-40(35)41(54(25)24-38(46)47)31-19-48-42(49-20-31)26-6-8-27(9-7-26)44(58)52-14-12-32(13-15-52)53-21-28-17-30-23-55(37-10-11-39(56)51-43(37)57)45(59)34(30)18-29(28)22-53/h2-5,17-20,25-27,32,37-38,41,50H,6-16,21-24H2,1H3,(H,51,56,57)/t25-,26?,27?,37?,41-/m1/s1. The highest BCUT2D eigenvalue weighted by atomic mass is 19.3. The van der Waals surface area contributed by atoms with Crippen molar-refractivity contribution in [3.05, 3.63) is 93.7 Å². The number of carbonyl (C=O) groups excluding carboxylic acids is 4. The summed E-state index contributed by atoms with van der Waals surface area (Å²) in [7, 11) is 0. The largest absolute Gasteiger partial charge is 0.357 e. The normalized spacial score (nSPS) is 26.7. The number of benzene rings is 2. The number of aromatic amines is 1. The smallest absolute Gasteiger partial charge is 0.255 e. The van der Waals surface area contributed by atoms with E-state index in [4.69, 9.17) is 9.97 Å². The van der Waals surface area contributed by atoms with Crippen LogP contribution in [0.25, 0.3) is 10.9 Å². The third kappa shape index (κ3) is 6.91. The van der Waals surface area contributed by atoms with Crippen molar-refractivity contribution in [2.75, 3.05) is 19.6 Å². The molecule has 2 saturated heterocycles. The van der Waals surface area contributed by atoms with Crippen LogP contribution >= 0.6 is 0 Å². The van der Waals surface area contributed by atoms with Crippen molar-refractivity contribution in [2.24, 2.45) is 5.92 Å². The predicted molar refractivity (Wildman–Crippen MR) is 214 cm³/mol. The van der Waals surface area contributed by atoms with Gasteiger partial charge in [-0.3, -0.25) is 34.3 Å². The number of H-pyrrole nitrogens is 1. The third-order valence-electron chi connectivity index (χ3n) is 14.2. The van der Waals surface area contributed by atoms with Gasteiger partial charge in [-0.05, 0) is 92.7 Å². The Bertz CT molecular complexity index is 2320. The predicted octanol–water partition coefficient (Wildman–Crippen LogP) is 5.60. The van der Waals surface area contributed by atoms with E-state index in [1.54, 1.807) is 4.90 Å². The van der Waals surface area contributed by atoms with E-state index in [9.17, 15) is 28.0 Å². The van der Waals surface area contributed by atoms with Gasteiger partial charge in [0.2, 0.25) is 17.7 Å². The molecule has 7 heterocycles. The van der Waals surface area contributed by atoms with Crippen molar-refractivity contribution in [2.45, 2.75) is 121 Å². The number of nitrogens with zero attached hydrogens (tertiary/aromatic N) is 6. The van der Waals surface area contributed by atoms with Crippen LogP contribution in [-0.4, -0.2) is 102 Å². The average molecular weight is 805 g/mol. The number of fused-ring (bicyclic) bond motifs is 5. The number of likely N-dealkylation sites (tertiary alicyclic amines) is 1. The Balaban J connectivity index is 0.729. The molecule has 5 aliphatic heterocycles. The summed E-state index contributed by atoms with van der Waals surface area (Å²) in [4.78, 5) is 72.5. The Kier molecular flexibility index (Phi) is 9.82. The van der Waals surface area contributed by atoms with Crippen LogP contribution in [-0.2, 0) is 40.4 Å². The summed E-state index contributed by atoms with van der Waals surface area (Å²) >= 11 is 0. The molecule has 4 aromatic rings. The molecular formula is C45H50F2N8O4. The van der Waals surface area contributed by atoms with Gasteiger partial charge in [0.25, 0.3) is 12.3 Å². The van der Waals surface area contributed by atoms with Gasteiger partial charge < -0.3 is 14.8 Å². The monoisotopic (exact) mass is 804 g/mol. The first-order valence-electron chi connectivity index (χ1n) is 21.4. The number of rotatable bonds is 7. The van der Waals surface area contributed by atoms with Crippen molar-refractivity contribution in [1.82, 2.24) is 39.9 Å². The maximum absolute atomic E-state index is 13.9. The maximum atomic E-state index is 13.9. The first-order chi connectivity index (χ1) is 28.6. The average Bonchev–Trinajstić information content (AvgIpc) is 3.93. The van der Waals surface area contributed by atoms with Gasteiger partial charge in [-0.15, -0.1) is 0 Å². The number of halogens is 2. The SMILES string of the molecule is C[C@@H]1Cc2c([nH]c3ccccc23)[C@@H](c2cnc(C3CCC(C(=O)N4CCC(N5Cc6cc7c(cc6C5)C(=O)N(C5CCC(=O)NC5=O)C7)CC4)CC3)nc2)N1CC(F)F. The summed E-state index contributed by atoms with van der Waals surface area (Å²) in [6.45, 7) is 5.10. The molecule has 2 aromatic carbocycles. The first-order valence-corrected chi connectivity index (χ1v) is 21.4. The van der Waals surface area contributed by atoms with Gasteiger partial charge in [0.1, 0.15) is 11.9 Å². The van der Waals surface area contributed by atoms with E-state index in [0.717, 1.165) is 104 Å². The minimum atomic E-state index is -2.46. The van der Waals surface area contributed by atoms with Crippen LogP contribution in [0.15, 0.2) is 48.8 Å². The lowest BCUT2D eigenvalue weighted by molar-refractivity contribution is -0.138. The Labute approximate surface area is 341 Å². The molecule has 14 heteroatoms. The molecule has 4 amide bonds. The number of carbonyl (C=O) groups is 4. The number of aromatic nitrogens is 3. The van der Waals surface area contributed by atoms with E-state index >= 15 is 0 Å². The van der Waals surface area contributed by atoms with Crippen LogP contribution in [0, 0.1) is 5.92 Å². The minimum Gasteiger partial charge on any atom is -0.357 e. The summed E-state index contributed by atoms with van der Waals surface area (Å²) in [5.74, 6) is 0.326. The van der Waals surface area contributed by atoms with Crippen LogP contribution in [0.1, 0.15) is 120 Å². The number of amides is 4. The van der Waals surface area contributed by atoms with Gasteiger partial charge in [0, 0.05) is 103 Å². The molecule has 3 fully saturated rings. The molecule has 0 radical (unpaired) electrons. The van der Waals surface area contributed by atoms with Crippen molar-refractivity contribution < 1.29 is 28.0 Å². The molecule has 3 atom stereocenters. The van der Waals surface area contributed by atoms with Gasteiger partial charge in [-0.25, -0.2) is 18.7 Å². The second kappa shape index (κ2) is 15.2. The van der Waals surface area contributed by atoms with Gasteiger partial charge >= 0.3 is 0 Å². The highest BCUT2D eigenvalue weighted by molar-refractivity contribution is 6.05. The van der Waals surface area contributed by atoms with Gasteiger partial charge in [-0.1, -0.05) is 24.3 Å². The minimum absolute atomic E-state index is 0.00941. The second-order valence-electron chi connectivity index (χ2n) is 17.7. The lowest BCUT2D eigenvalue weighted by atomic mass is 9.80. The summed E-state index contributed by atoms with van der Waals surface area (Å²) in [5, 5.41) is 3.51. The highest BCUT2D eigenvalue weighted by Crippen LogP contribution is 2.42. The Morgan fingerprint density at radius 3 is 2.36 bits per heavy atom. The molecule has 2 aromatic heterocycles. The molecule has 2 N–H and O–H groups in total. The Hall–Kier alpha value is -5.08. The van der Waals surface area contributed by atoms with Crippen molar-refractivity contribution >= 4 is 34.5 Å². The maximum Gasteiger partial charge on any atom is 0.255 e. The Morgan fingerprint density at radius 2 is 1.63 bits per heavy atom. The van der Waals surface area contributed by atoms with Crippen LogP contribution in [0.3, 0.4) is 0 Å². The topological polar surface area (TPSA) is 135 Å². The second-order valence-corrected chi connectivity index (χ2v) is 17.7. The summed E-state index contributed by atoms with van der Waals surface area (Å²) in [6.07, 6.45) is 7.54. The van der Waals surface area contributed by atoms with Crippen LogP contribution in [0.4, 0.5) is 8.78 Å². The quantitative estimate of drug-likeness (QED) is 0.231. The summed E-state index contributed by atoms with van der Waals surface area (Å²) in [6, 6.07) is 11.5. The Morgan fingerprint density at radius 1 is 0.898 bits per heavy atom. The van der Waals surface area contributed by atoms with E-state index in [2.05, 4.69) is 32.2 Å². The highest BCUT2D eigenvalue weighted by Gasteiger charge is 2.42. The first kappa shape index (κ1) is 38.1. The van der Waals surface area contributed by atoms with Gasteiger partial charge in [0.05, 0.1) is 12.6 Å². The van der Waals surface area contributed by atoms with Gasteiger partial charge in [0.15, 0.2) is 0 Å². The third-order valence-corrected chi connectivity index (χ3v) is 14.2. The molecule has 0 bridgehead atoms. The molecule has 1 aliphatic carbocycles. The molecule has 10 rings (SSSR count). The fourth-order valence-corrected chi connectivity index (χ4v) is 11.1. The zero-order chi connectivity index (χ0) is 40.5. The number of hydrogen-bond donors (Lipinski definition) is 2. The van der Waals surface area contributed by atoms with Gasteiger partial charge in [-0.2, -0.15) is 0 Å². The number of imide groups is 1. The lowest BCUT2D eigenvalue weighted by Crippen LogP contribution is -2.52. The van der Waals surface area contributed by atoms with Crippen LogP contribution in [0.2, 0.25) is 0 Å². The fourth-order valence-electron chi connectivity index (χ4n) is 11.1. The zero-order valence-corrected chi connectivity index (χ0v) is 33.3. The molecule has 1 unspecified atom stereocenters. The zero-order valence-electron chi connectivity index (χ0n) is 33.3. The molecule has 6 aliphatic rings. The number of para-hydroxylation sites is 1. The van der Waals surface area contributed by atoms with Crippen molar-refractivity contribution in [1.29, 1.82) is 0 Å². The number of piperidine rings is 2. The van der Waals surface area contributed by atoms with Crippen molar-refractivity contribution in [3.8, 4) is 0 Å². The number of alkyl halides is 2. The number of nitrogens with one attached hydrogen (secondary N) is 2. The van der Waals surface area contributed by atoms with Crippen LogP contribution in [0.5, 0.6) is 0 Å². The van der Waals surface area contributed by atoms with E-state index in [1.807, 2.05) is 48.5 Å². The van der Waals surface area contributed by atoms with E-state index in [-0.39, 0.29) is 48.6 Å². The van der Waals surface area contributed by atoms with E-state index in [0.29, 0.717) is 31.0 Å². The lowest BCUT2D eigenvalue weighted by Gasteiger charge is -2.40. The van der Waals surface area contributed by atoms with Crippen LogP contribution < -0.4 is 5.32 Å². The van der Waals surface area contributed by atoms with Crippen molar-refractivity contribution in [3.63, 3.8) is 0 Å². The number of hydrogen-bond acceptors (Lipinski definition) is 8. The molecule has 0 spiro atoms. The van der Waals surface area contributed by atoms with E-state index < -0.39 is 24.4 Å². The molecule has 308 valence electrons. The summed E-state index contributed by atoms with van der Waals surface area (Å²) in [5.41, 5.74) is 7.89. The summed E-state index contributed by atoms with van der Waals surface area (Å²) < 4.78 is 27.8.